The number of ketones is 1. The number of hydrogen-bond donors (Lipinski definition) is 3. The van der Waals surface area contributed by atoms with E-state index in [9.17, 15) is 19.3 Å². The number of aliphatic hydroxyl groups excluding tert-OH is 1. The summed E-state index contributed by atoms with van der Waals surface area (Å²) in [5.74, 6) is -0.569. The number of phosphoric ester groups is 1. The molecule has 0 radical (unpaired) electrons. The Bertz CT molecular complexity index is 1020. The fourth-order valence-electron chi connectivity index (χ4n) is 5.71. The summed E-state index contributed by atoms with van der Waals surface area (Å²) < 4.78 is 26.7. The van der Waals surface area contributed by atoms with Gasteiger partial charge in [-0.1, -0.05) is 134 Å². The lowest BCUT2D eigenvalue weighted by Gasteiger charge is -2.17. The fourth-order valence-corrected chi connectivity index (χ4v) is 6.07. The second-order valence-electron chi connectivity index (χ2n) is 13.3. The van der Waals surface area contributed by atoms with Crippen LogP contribution in [-0.2, 0) is 28.2 Å². The van der Waals surface area contributed by atoms with Crippen LogP contribution in [0.2, 0.25) is 0 Å². The third-order valence-electron chi connectivity index (χ3n) is 8.72. The van der Waals surface area contributed by atoms with Crippen molar-refractivity contribution >= 4 is 19.6 Å². The predicted octanol–water partition coefficient (Wildman–Crippen LogP) is 9.61. The summed E-state index contributed by atoms with van der Waals surface area (Å²) in [7, 11) is -4.69. The Morgan fingerprint density at radius 3 is 2.10 bits per heavy atom. The molecule has 49 heavy (non-hydrogen) atoms. The van der Waals surface area contributed by atoms with E-state index >= 15 is 0 Å². The maximum absolute atomic E-state index is 12.3. The number of unbranched alkanes of at least 4 members (excludes halogenated alkanes) is 15. The van der Waals surface area contributed by atoms with Gasteiger partial charge in [-0.3, -0.25) is 14.1 Å². The average molecular weight is 711 g/mol. The van der Waals surface area contributed by atoms with E-state index in [1.165, 1.54) is 70.5 Å². The summed E-state index contributed by atoms with van der Waals surface area (Å²) in [5, 5.41) is 10.2. The van der Waals surface area contributed by atoms with Gasteiger partial charge in [0, 0.05) is 12.3 Å². The molecule has 0 fully saturated rings. The number of rotatable bonds is 32. The molecule has 0 aromatic carbocycles. The molecular weight excluding hydrogens is 643 g/mol. The fraction of sp³-hybridized carbons (Fsp3) is 0.744. The highest BCUT2D eigenvalue weighted by molar-refractivity contribution is 7.46. The van der Waals surface area contributed by atoms with E-state index in [0.29, 0.717) is 25.7 Å². The summed E-state index contributed by atoms with van der Waals surface area (Å²) in [5.41, 5.74) is 0. The van der Waals surface area contributed by atoms with Crippen molar-refractivity contribution in [3.05, 3.63) is 48.8 Å². The minimum atomic E-state index is -4.69. The molecule has 10 heteroatoms. The molecule has 1 aliphatic carbocycles. The maximum Gasteiger partial charge on any atom is 0.469 e. The zero-order valence-electron chi connectivity index (χ0n) is 30.4. The molecule has 0 saturated heterocycles. The van der Waals surface area contributed by atoms with Crippen LogP contribution in [0.25, 0.3) is 0 Å². The van der Waals surface area contributed by atoms with Gasteiger partial charge in [-0.2, -0.15) is 0 Å². The van der Waals surface area contributed by atoms with Gasteiger partial charge < -0.3 is 24.4 Å². The molecule has 0 aromatic heterocycles. The number of allylic oxidation sites excluding steroid dienone is 6. The first-order valence-corrected chi connectivity index (χ1v) is 20.6. The van der Waals surface area contributed by atoms with Crippen LogP contribution >= 0.6 is 7.82 Å². The van der Waals surface area contributed by atoms with Gasteiger partial charge in [0.15, 0.2) is 11.9 Å². The van der Waals surface area contributed by atoms with E-state index in [2.05, 4.69) is 18.4 Å². The van der Waals surface area contributed by atoms with Crippen molar-refractivity contribution in [2.75, 3.05) is 13.2 Å². The molecule has 0 amide bonds. The van der Waals surface area contributed by atoms with E-state index in [1.807, 2.05) is 30.4 Å². The number of esters is 1. The van der Waals surface area contributed by atoms with Crippen molar-refractivity contribution in [2.24, 2.45) is 11.8 Å². The van der Waals surface area contributed by atoms with E-state index in [-0.39, 0.29) is 30.6 Å². The molecule has 1 rings (SSSR count). The Morgan fingerprint density at radius 1 is 0.837 bits per heavy atom. The average Bonchev–Trinajstić information content (AvgIpc) is 3.42. The molecular formula is C39H67O9P. The molecule has 9 nitrogen and oxygen atoms in total. The molecule has 0 heterocycles. The van der Waals surface area contributed by atoms with Gasteiger partial charge in [-0.25, -0.2) is 4.57 Å². The minimum absolute atomic E-state index is 0.0543. The summed E-state index contributed by atoms with van der Waals surface area (Å²) in [6.07, 6.45) is 35.4. The lowest BCUT2D eigenvalue weighted by molar-refractivity contribution is -0.147. The quantitative estimate of drug-likeness (QED) is 0.0205. The summed E-state index contributed by atoms with van der Waals surface area (Å²) in [6.45, 7) is 3.78. The molecule has 0 saturated carbocycles. The summed E-state index contributed by atoms with van der Waals surface area (Å²) in [4.78, 5) is 42.8. The highest BCUT2D eigenvalue weighted by Gasteiger charge is 2.27. The number of hydrogen-bond acceptors (Lipinski definition) is 7. The van der Waals surface area contributed by atoms with Crippen LogP contribution in [0.5, 0.6) is 0 Å². The number of ether oxygens (including phenoxy) is 2. The van der Waals surface area contributed by atoms with Gasteiger partial charge in [0.25, 0.3) is 0 Å². The Morgan fingerprint density at radius 2 is 1.45 bits per heavy atom. The number of aliphatic hydroxyl groups is 1. The van der Waals surface area contributed by atoms with E-state index in [0.717, 1.165) is 38.5 Å². The van der Waals surface area contributed by atoms with Crippen LogP contribution in [0.1, 0.15) is 149 Å². The Hall–Kier alpha value is -2.03. The van der Waals surface area contributed by atoms with Crippen LogP contribution in [0.4, 0.5) is 0 Å². The molecule has 4 atom stereocenters. The number of carbonyl (C=O) groups is 2. The molecule has 0 aliphatic heterocycles. The van der Waals surface area contributed by atoms with Crippen LogP contribution in [0, 0.1) is 11.8 Å². The standard InChI is InChI=1S/C39H67O9P/c1-3-5-7-8-9-10-11-12-13-14-15-16-19-23-31-46-36(33-48-49(43,44)45)32-47-39(42)26-22-18-17-21-24-34-27-30-38(41)37(34)29-28-35(40)25-20-6-4-2/h17,21,23,27-31,34-37,40H,3-16,18-20,22,24-26,32-33H2,1-2H3,(H2,43,44,45)/b21-17-,29-28+,31-23+/t34-,35-,36+,37+/m0/s1. The van der Waals surface area contributed by atoms with Crippen molar-refractivity contribution in [2.45, 2.75) is 161 Å². The first-order chi connectivity index (χ1) is 23.7. The Kier molecular flexibility index (Phi) is 27.2. The molecule has 0 aromatic rings. The van der Waals surface area contributed by atoms with Crippen molar-refractivity contribution in [1.82, 2.24) is 0 Å². The van der Waals surface area contributed by atoms with Crippen LogP contribution < -0.4 is 0 Å². The molecule has 0 bridgehead atoms. The molecule has 3 N–H and O–H groups in total. The van der Waals surface area contributed by atoms with Gasteiger partial charge >= 0.3 is 13.8 Å². The highest BCUT2D eigenvalue weighted by atomic mass is 31.2. The van der Waals surface area contributed by atoms with Gasteiger partial charge in [0.2, 0.25) is 0 Å². The second-order valence-corrected chi connectivity index (χ2v) is 14.5. The first-order valence-electron chi connectivity index (χ1n) is 19.1. The Balaban J connectivity index is 2.26. The van der Waals surface area contributed by atoms with E-state index in [1.54, 1.807) is 12.2 Å². The summed E-state index contributed by atoms with van der Waals surface area (Å²) >= 11 is 0. The van der Waals surface area contributed by atoms with Crippen molar-refractivity contribution in [3.8, 4) is 0 Å². The summed E-state index contributed by atoms with van der Waals surface area (Å²) in [6, 6.07) is 0. The zero-order valence-corrected chi connectivity index (χ0v) is 31.3. The molecule has 0 spiro atoms. The first kappa shape index (κ1) is 45.0. The van der Waals surface area contributed by atoms with Crippen LogP contribution in [-0.4, -0.2) is 52.1 Å². The van der Waals surface area contributed by atoms with Crippen molar-refractivity contribution < 1.29 is 43.0 Å². The third-order valence-corrected chi connectivity index (χ3v) is 9.20. The maximum atomic E-state index is 12.3. The lowest BCUT2D eigenvalue weighted by Crippen LogP contribution is -2.25. The minimum Gasteiger partial charge on any atom is -0.492 e. The molecule has 282 valence electrons. The van der Waals surface area contributed by atoms with E-state index < -0.39 is 32.6 Å². The number of phosphoric acid groups is 1. The van der Waals surface area contributed by atoms with Gasteiger partial charge in [-0.15, -0.1) is 0 Å². The van der Waals surface area contributed by atoms with E-state index in [4.69, 9.17) is 19.3 Å². The predicted molar refractivity (Wildman–Crippen MR) is 197 cm³/mol. The third kappa shape index (κ3) is 26.4. The van der Waals surface area contributed by atoms with Crippen molar-refractivity contribution in [3.63, 3.8) is 0 Å². The number of carbonyl (C=O) groups excluding carboxylic acids is 2. The topological polar surface area (TPSA) is 140 Å². The second kappa shape index (κ2) is 29.7. The van der Waals surface area contributed by atoms with Gasteiger partial charge in [-0.05, 0) is 56.6 Å². The molecule has 0 unspecified atom stereocenters. The van der Waals surface area contributed by atoms with Gasteiger partial charge in [0.1, 0.15) is 6.61 Å². The van der Waals surface area contributed by atoms with Crippen LogP contribution in [0.15, 0.2) is 48.8 Å². The van der Waals surface area contributed by atoms with Gasteiger partial charge in [0.05, 0.1) is 19.0 Å². The lowest BCUT2D eigenvalue weighted by atomic mass is 9.90. The Labute approximate surface area is 296 Å². The normalized spacial score (nSPS) is 17.9. The smallest absolute Gasteiger partial charge is 0.469 e. The SMILES string of the molecule is CCCCCCCCCCCCCC/C=C/O[C@H](COC(=O)CCC/C=C\C[C@H]1C=CC(=O)[C@@H]1/C=C/[C@@H](O)CCCCC)COP(=O)(O)O. The molecule has 1 aliphatic rings. The monoisotopic (exact) mass is 710 g/mol. The van der Waals surface area contributed by atoms with Crippen molar-refractivity contribution in [1.29, 1.82) is 0 Å². The zero-order chi connectivity index (χ0) is 36.0. The van der Waals surface area contributed by atoms with Crippen LogP contribution in [0.3, 0.4) is 0 Å². The largest absolute Gasteiger partial charge is 0.492 e. The highest BCUT2D eigenvalue weighted by Crippen LogP contribution is 2.36.